The van der Waals surface area contributed by atoms with Crippen LogP contribution in [0.4, 0.5) is 0 Å². The van der Waals surface area contributed by atoms with Crippen LogP contribution in [-0.2, 0) is 4.74 Å². The van der Waals surface area contributed by atoms with Crippen LogP contribution in [-0.4, -0.2) is 12.2 Å². The molecule has 1 aliphatic heterocycles. The molecular weight excluding hydrogens is 256 g/mol. The highest BCUT2D eigenvalue weighted by Crippen LogP contribution is 2.45. The lowest BCUT2D eigenvalue weighted by Gasteiger charge is -2.41. The van der Waals surface area contributed by atoms with Gasteiger partial charge in [0.25, 0.3) is 0 Å². The van der Waals surface area contributed by atoms with Gasteiger partial charge in [0.1, 0.15) is 0 Å². The van der Waals surface area contributed by atoms with E-state index < -0.39 is 0 Å². The Bertz CT molecular complexity index is 426. The van der Waals surface area contributed by atoms with Crippen LogP contribution in [0.2, 0.25) is 0 Å². The smallest absolute Gasteiger partial charge is 0.0686 e. The third-order valence-corrected chi connectivity index (χ3v) is 5.85. The van der Waals surface area contributed by atoms with Crippen LogP contribution in [0.25, 0.3) is 0 Å². The number of nitrogens with two attached hydrogens (primary N) is 1. The van der Waals surface area contributed by atoms with Crippen LogP contribution in [0.3, 0.4) is 0 Å². The van der Waals surface area contributed by atoms with E-state index in [0.29, 0.717) is 12.0 Å². The van der Waals surface area contributed by atoms with Crippen molar-refractivity contribution in [1.29, 1.82) is 0 Å². The van der Waals surface area contributed by atoms with E-state index in [0.717, 1.165) is 13.0 Å². The fourth-order valence-electron chi connectivity index (χ4n) is 3.79. The fraction of sp³-hybridized carbons (Fsp3) is 0.733. The molecule has 1 aromatic rings. The number of ether oxygens (including phenoxy) is 1. The molecule has 1 saturated carbocycles. The number of hydrazine groups is 1. The van der Waals surface area contributed by atoms with Gasteiger partial charge in [-0.3, -0.25) is 11.3 Å². The molecule has 4 heteroatoms. The molecule has 106 valence electrons. The van der Waals surface area contributed by atoms with Crippen molar-refractivity contribution < 1.29 is 4.74 Å². The summed E-state index contributed by atoms with van der Waals surface area (Å²) in [7, 11) is 0. The lowest BCUT2D eigenvalue weighted by atomic mass is 9.80. The zero-order valence-corrected chi connectivity index (χ0v) is 12.5. The Balaban J connectivity index is 1.76. The standard InChI is InChI=1S/C15H24N2OS/c1-11-4-5-13(19-11)14(17-16)12-6-9-18-15(10-12)7-2-3-8-15/h4-5,12,14,17H,2-3,6-10,16H2,1H3. The predicted octanol–water partition coefficient (Wildman–Crippen LogP) is 3.30. The summed E-state index contributed by atoms with van der Waals surface area (Å²) in [5.74, 6) is 6.45. The summed E-state index contributed by atoms with van der Waals surface area (Å²) < 4.78 is 6.13. The van der Waals surface area contributed by atoms with E-state index in [4.69, 9.17) is 10.6 Å². The lowest BCUT2D eigenvalue weighted by Crippen LogP contribution is -2.43. The maximum atomic E-state index is 6.13. The Kier molecular flexibility index (Phi) is 3.94. The monoisotopic (exact) mass is 280 g/mol. The molecule has 2 heterocycles. The van der Waals surface area contributed by atoms with E-state index in [-0.39, 0.29) is 5.60 Å². The number of hydrogen-bond donors (Lipinski definition) is 2. The van der Waals surface area contributed by atoms with E-state index in [1.807, 2.05) is 11.3 Å². The molecule has 1 saturated heterocycles. The second-order valence-electron chi connectivity index (χ2n) is 6.08. The number of aryl methyl sites for hydroxylation is 1. The Hall–Kier alpha value is -0.420. The summed E-state index contributed by atoms with van der Waals surface area (Å²) in [5, 5.41) is 0. The normalized spacial score (nSPS) is 27.8. The van der Waals surface area contributed by atoms with Gasteiger partial charge in [-0.05, 0) is 50.7 Å². The van der Waals surface area contributed by atoms with E-state index >= 15 is 0 Å². The molecule has 3 nitrogen and oxygen atoms in total. The third kappa shape index (κ3) is 2.72. The highest BCUT2D eigenvalue weighted by molar-refractivity contribution is 7.12. The summed E-state index contributed by atoms with van der Waals surface area (Å²) >= 11 is 1.86. The Morgan fingerprint density at radius 1 is 1.42 bits per heavy atom. The molecule has 2 fully saturated rings. The van der Waals surface area contributed by atoms with Gasteiger partial charge in [-0.25, -0.2) is 0 Å². The highest BCUT2D eigenvalue weighted by atomic mass is 32.1. The van der Waals surface area contributed by atoms with Gasteiger partial charge in [-0.2, -0.15) is 0 Å². The van der Waals surface area contributed by atoms with E-state index in [1.54, 1.807) is 0 Å². The SMILES string of the molecule is Cc1ccc(C(NN)C2CCOC3(CCCC3)C2)s1. The molecule has 0 bridgehead atoms. The van der Waals surface area contributed by atoms with Gasteiger partial charge < -0.3 is 4.74 Å². The molecule has 1 aromatic heterocycles. The van der Waals surface area contributed by atoms with Crippen LogP contribution in [0.1, 0.15) is 54.3 Å². The van der Waals surface area contributed by atoms with Crippen molar-refractivity contribution >= 4 is 11.3 Å². The zero-order valence-electron chi connectivity index (χ0n) is 11.7. The van der Waals surface area contributed by atoms with Crippen LogP contribution < -0.4 is 11.3 Å². The van der Waals surface area contributed by atoms with Crippen LogP contribution in [0, 0.1) is 12.8 Å². The first-order valence-corrected chi connectivity index (χ1v) is 8.20. The summed E-state index contributed by atoms with van der Waals surface area (Å²) in [6, 6.07) is 4.70. The van der Waals surface area contributed by atoms with Crippen molar-refractivity contribution in [2.75, 3.05) is 6.61 Å². The average molecular weight is 280 g/mol. The molecule has 0 amide bonds. The average Bonchev–Trinajstić information content (AvgIpc) is 3.01. The molecule has 3 rings (SSSR count). The number of hydrogen-bond acceptors (Lipinski definition) is 4. The minimum absolute atomic E-state index is 0.171. The van der Waals surface area contributed by atoms with E-state index in [9.17, 15) is 0 Å². The molecule has 3 N–H and O–H groups in total. The molecular formula is C15H24N2OS. The van der Waals surface area contributed by atoms with E-state index in [2.05, 4.69) is 24.5 Å². The Morgan fingerprint density at radius 2 is 2.21 bits per heavy atom. The summed E-state index contributed by atoms with van der Waals surface area (Å²) in [6.07, 6.45) is 7.41. The second kappa shape index (κ2) is 5.52. The van der Waals surface area contributed by atoms with Crippen LogP contribution >= 0.6 is 11.3 Å². The largest absolute Gasteiger partial charge is 0.375 e. The van der Waals surface area contributed by atoms with Crippen molar-refractivity contribution in [3.63, 3.8) is 0 Å². The maximum Gasteiger partial charge on any atom is 0.0686 e. The molecule has 0 aromatic carbocycles. The second-order valence-corrected chi connectivity index (χ2v) is 7.40. The Labute approximate surface area is 119 Å². The van der Waals surface area contributed by atoms with Crippen LogP contribution in [0.15, 0.2) is 12.1 Å². The molecule has 2 atom stereocenters. The van der Waals surface area contributed by atoms with Gasteiger partial charge in [-0.15, -0.1) is 11.3 Å². The first-order valence-electron chi connectivity index (χ1n) is 7.39. The molecule has 1 aliphatic carbocycles. The fourth-order valence-corrected chi connectivity index (χ4v) is 4.82. The molecule has 0 radical (unpaired) electrons. The van der Waals surface area contributed by atoms with Gasteiger partial charge in [0.2, 0.25) is 0 Å². The quantitative estimate of drug-likeness (QED) is 0.659. The third-order valence-electron chi connectivity index (χ3n) is 4.76. The minimum atomic E-state index is 0.171. The van der Waals surface area contributed by atoms with Gasteiger partial charge >= 0.3 is 0 Å². The van der Waals surface area contributed by atoms with Crippen molar-refractivity contribution in [2.24, 2.45) is 11.8 Å². The maximum absolute atomic E-state index is 6.13. The predicted molar refractivity (Wildman–Crippen MR) is 79.0 cm³/mol. The first-order chi connectivity index (χ1) is 9.22. The summed E-state index contributed by atoms with van der Waals surface area (Å²) in [6.45, 7) is 3.05. The van der Waals surface area contributed by atoms with Crippen molar-refractivity contribution in [2.45, 2.75) is 57.1 Å². The first kappa shape index (κ1) is 13.6. The summed E-state index contributed by atoms with van der Waals surface area (Å²) in [4.78, 5) is 2.73. The summed E-state index contributed by atoms with van der Waals surface area (Å²) in [5.41, 5.74) is 3.23. The number of thiophene rings is 1. The van der Waals surface area contributed by atoms with E-state index in [1.165, 1.54) is 41.9 Å². The number of nitrogens with one attached hydrogen (secondary N) is 1. The molecule has 1 spiro atoms. The van der Waals surface area contributed by atoms with Crippen molar-refractivity contribution in [1.82, 2.24) is 5.43 Å². The minimum Gasteiger partial charge on any atom is -0.375 e. The van der Waals surface area contributed by atoms with Gasteiger partial charge in [0.15, 0.2) is 0 Å². The van der Waals surface area contributed by atoms with Gasteiger partial charge in [0, 0.05) is 16.4 Å². The highest BCUT2D eigenvalue weighted by Gasteiger charge is 2.42. The number of rotatable bonds is 3. The lowest BCUT2D eigenvalue weighted by molar-refractivity contribution is -0.0980. The molecule has 19 heavy (non-hydrogen) atoms. The molecule has 2 unspecified atom stereocenters. The van der Waals surface area contributed by atoms with Crippen molar-refractivity contribution in [3.8, 4) is 0 Å². The topological polar surface area (TPSA) is 47.3 Å². The van der Waals surface area contributed by atoms with Gasteiger partial charge in [0.05, 0.1) is 11.6 Å². The van der Waals surface area contributed by atoms with Crippen LogP contribution in [0.5, 0.6) is 0 Å². The Morgan fingerprint density at radius 3 is 2.84 bits per heavy atom. The molecule has 2 aliphatic rings. The van der Waals surface area contributed by atoms with Crippen molar-refractivity contribution in [3.05, 3.63) is 21.9 Å². The zero-order chi connectivity index (χ0) is 13.3. The van der Waals surface area contributed by atoms with Gasteiger partial charge in [-0.1, -0.05) is 12.8 Å².